The highest BCUT2D eigenvalue weighted by Crippen LogP contribution is 2.47. The first-order valence-electron chi connectivity index (χ1n) is 11.0. The number of hydrogen-bond donors (Lipinski definition) is 2. The highest BCUT2D eigenvalue weighted by atomic mass is 32.1. The molecule has 0 bridgehead atoms. The summed E-state index contributed by atoms with van der Waals surface area (Å²) in [6.07, 6.45) is 3.06. The van der Waals surface area contributed by atoms with Crippen LogP contribution < -0.4 is 9.47 Å². The molecule has 10 heteroatoms. The van der Waals surface area contributed by atoms with Crippen molar-refractivity contribution < 1.29 is 19.4 Å². The molecular weight excluding hydrogens is 454 g/mol. The first kappa shape index (κ1) is 22.0. The van der Waals surface area contributed by atoms with Crippen LogP contribution in [-0.4, -0.2) is 55.3 Å². The molecular formula is C24H25N5O4S. The van der Waals surface area contributed by atoms with Gasteiger partial charge in [0.05, 0.1) is 16.8 Å². The van der Waals surface area contributed by atoms with Gasteiger partial charge < -0.3 is 19.5 Å². The topological polar surface area (TPSA) is 97.5 Å². The van der Waals surface area contributed by atoms with Crippen LogP contribution in [0.1, 0.15) is 26.7 Å². The van der Waals surface area contributed by atoms with Gasteiger partial charge >= 0.3 is 6.03 Å². The summed E-state index contributed by atoms with van der Waals surface area (Å²) in [6, 6.07) is 10.6. The van der Waals surface area contributed by atoms with E-state index in [1.807, 2.05) is 38.1 Å². The molecule has 176 valence electrons. The Hall–Kier alpha value is -3.79. The second kappa shape index (κ2) is 7.91. The van der Waals surface area contributed by atoms with Crippen LogP contribution in [0.25, 0.3) is 28.0 Å². The smallest absolute Gasteiger partial charge is 0.328 e. The third-order valence-corrected chi connectivity index (χ3v) is 6.46. The van der Waals surface area contributed by atoms with E-state index in [2.05, 4.69) is 10.2 Å². The van der Waals surface area contributed by atoms with Crippen LogP contribution in [0.5, 0.6) is 17.2 Å². The van der Waals surface area contributed by atoms with Crippen LogP contribution in [0.3, 0.4) is 0 Å². The Kier molecular flexibility index (Phi) is 5.12. The molecule has 0 spiro atoms. The van der Waals surface area contributed by atoms with Crippen molar-refractivity contribution in [3.05, 3.63) is 47.4 Å². The number of hydrogen-bond acceptors (Lipinski definition) is 6. The Balaban J connectivity index is 1.66. The van der Waals surface area contributed by atoms with Gasteiger partial charge in [-0.1, -0.05) is 19.9 Å². The van der Waals surface area contributed by atoms with Gasteiger partial charge in [-0.15, -0.1) is 0 Å². The number of aromatic hydroxyl groups is 1. The Bertz CT molecular complexity index is 1480. The summed E-state index contributed by atoms with van der Waals surface area (Å²) in [5, 5.41) is 18.9. The summed E-state index contributed by atoms with van der Waals surface area (Å²) < 4.78 is 15.8. The highest BCUT2D eigenvalue weighted by molar-refractivity contribution is 7.71. The van der Waals surface area contributed by atoms with Crippen molar-refractivity contribution in [2.45, 2.75) is 32.5 Å². The molecule has 4 aromatic rings. The van der Waals surface area contributed by atoms with Crippen molar-refractivity contribution in [2.24, 2.45) is 0 Å². The number of aromatic nitrogens is 4. The van der Waals surface area contributed by atoms with Crippen LogP contribution in [-0.2, 0) is 0 Å². The van der Waals surface area contributed by atoms with Gasteiger partial charge in [0.2, 0.25) is 0 Å². The normalized spacial score (nSPS) is 14.0. The average molecular weight is 480 g/mol. The summed E-state index contributed by atoms with van der Waals surface area (Å²) in [5.41, 5.74) is 1.90. The van der Waals surface area contributed by atoms with E-state index in [0.29, 0.717) is 40.5 Å². The Morgan fingerprint density at radius 1 is 1.18 bits per heavy atom. The van der Waals surface area contributed by atoms with Gasteiger partial charge in [-0.25, -0.2) is 4.79 Å². The number of amides is 1. The molecule has 9 nitrogen and oxygen atoms in total. The molecule has 2 aromatic heterocycles. The summed E-state index contributed by atoms with van der Waals surface area (Å²) >= 11 is 5.56. The number of carbonyl (C=O) groups excluding carboxylic acids is 1. The number of phenols is 1. The van der Waals surface area contributed by atoms with Crippen LogP contribution in [0.2, 0.25) is 0 Å². The quantitative estimate of drug-likeness (QED) is 0.397. The minimum absolute atomic E-state index is 0.00635. The predicted molar refractivity (Wildman–Crippen MR) is 130 cm³/mol. The molecule has 2 aromatic carbocycles. The number of phenolic OH excluding ortho intramolecular Hbond substituents is 1. The number of aromatic amines is 1. The number of ether oxygens (including phenoxy) is 2. The second-order valence-electron chi connectivity index (χ2n) is 8.40. The summed E-state index contributed by atoms with van der Waals surface area (Å²) in [4.78, 5) is 14.1. The number of benzene rings is 2. The first-order valence-corrected chi connectivity index (χ1v) is 11.4. The van der Waals surface area contributed by atoms with Gasteiger partial charge in [0.25, 0.3) is 5.79 Å². The van der Waals surface area contributed by atoms with Gasteiger partial charge in [0.15, 0.2) is 22.1 Å². The number of H-pyrrole nitrogens is 1. The van der Waals surface area contributed by atoms with Gasteiger partial charge in [0.1, 0.15) is 5.75 Å². The van der Waals surface area contributed by atoms with Crippen LogP contribution in [0.15, 0.2) is 42.6 Å². The third kappa shape index (κ3) is 3.25. The molecule has 0 atom stereocenters. The Morgan fingerprint density at radius 3 is 2.56 bits per heavy atom. The number of rotatable bonds is 4. The SMILES string of the molecule is CCC1(CC)Oc2cc(O)c(-c3n[nH]c(=S)n3-c3cccc4c3ccn4C(=O)N(C)C)cc2O1. The van der Waals surface area contributed by atoms with Gasteiger partial charge in [-0.3, -0.25) is 14.2 Å². The minimum atomic E-state index is -0.744. The van der Waals surface area contributed by atoms with E-state index in [9.17, 15) is 9.90 Å². The van der Waals surface area contributed by atoms with E-state index in [-0.39, 0.29) is 11.8 Å². The molecule has 0 unspecified atom stereocenters. The maximum atomic E-state index is 12.6. The molecule has 1 aliphatic rings. The first-order chi connectivity index (χ1) is 16.3. The average Bonchev–Trinajstić information content (AvgIpc) is 3.52. The lowest BCUT2D eigenvalue weighted by molar-refractivity contribution is -0.0843. The lowest BCUT2D eigenvalue weighted by Crippen LogP contribution is -2.36. The minimum Gasteiger partial charge on any atom is -0.507 e. The molecule has 0 saturated carbocycles. The van der Waals surface area contributed by atoms with E-state index in [1.165, 1.54) is 4.90 Å². The molecule has 1 aliphatic heterocycles. The van der Waals surface area contributed by atoms with Gasteiger partial charge in [-0.05, 0) is 36.5 Å². The number of carbonyl (C=O) groups is 1. The van der Waals surface area contributed by atoms with Crippen molar-refractivity contribution in [3.63, 3.8) is 0 Å². The van der Waals surface area contributed by atoms with E-state index < -0.39 is 5.79 Å². The molecule has 1 amide bonds. The lowest BCUT2D eigenvalue weighted by Gasteiger charge is -2.24. The standard InChI is InChI=1S/C24H25N5O4S/c1-5-24(6-2)32-19-12-15(18(30)13-20(19)33-24)21-25-26-22(34)29(21)17-9-7-8-16-14(17)10-11-28(16)23(31)27(3)4/h7-13,30H,5-6H2,1-4H3,(H,26,34). The second-order valence-corrected chi connectivity index (χ2v) is 8.79. The Morgan fingerprint density at radius 2 is 1.88 bits per heavy atom. The predicted octanol–water partition coefficient (Wildman–Crippen LogP) is 5.07. The van der Waals surface area contributed by atoms with Crippen molar-refractivity contribution >= 4 is 29.2 Å². The zero-order valence-electron chi connectivity index (χ0n) is 19.3. The van der Waals surface area contributed by atoms with Crippen molar-refractivity contribution in [3.8, 4) is 34.3 Å². The monoisotopic (exact) mass is 479 g/mol. The number of nitrogens with zero attached hydrogens (tertiary/aromatic N) is 4. The fourth-order valence-corrected chi connectivity index (χ4v) is 4.51. The van der Waals surface area contributed by atoms with Crippen molar-refractivity contribution in [1.29, 1.82) is 0 Å². The maximum Gasteiger partial charge on any atom is 0.328 e. The zero-order chi connectivity index (χ0) is 24.2. The summed E-state index contributed by atoms with van der Waals surface area (Å²) in [7, 11) is 3.41. The van der Waals surface area contributed by atoms with Crippen molar-refractivity contribution in [2.75, 3.05) is 14.1 Å². The fourth-order valence-electron chi connectivity index (χ4n) is 4.28. The molecule has 2 N–H and O–H groups in total. The third-order valence-electron chi connectivity index (χ3n) is 6.18. The molecule has 3 heterocycles. The summed E-state index contributed by atoms with van der Waals surface area (Å²) in [5.74, 6) is 0.697. The molecule has 0 fully saturated rings. The van der Waals surface area contributed by atoms with Gasteiger partial charge in [-0.2, -0.15) is 5.10 Å². The van der Waals surface area contributed by atoms with E-state index in [1.54, 1.807) is 41.6 Å². The molecule has 0 radical (unpaired) electrons. The molecule has 34 heavy (non-hydrogen) atoms. The summed E-state index contributed by atoms with van der Waals surface area (Å²) in [6.45, 7) is 3.99. The van der Waals surface area contributed by atoms with Crippen LogP contribution in [0, 0.1) is 4.77 Å². The zero-order valence-corrected chi connectivity index (χ0v) is 20.1. The van der Waals surface area contributed by atoms with E-state index in [0.717, 1.165) is 16.6 Å². The number of fused-ring (bicyclic) bond motifs is 2. The molecule has 0 aliphatic carbocycles. The largest absolute Gasteiger partial charge is 0.507 e. The van der Waals surface area contributed by atoms with Crippen molar-refractivity contribution in [1.82, 2.24) is 24.2 Å². The van der Waals surface area contributed by atoms with E-state index in [4.69, 9.17) is 21.7 Å². The fraction of sp³-hybridized carbons (Fsp3) is 0.292. The molecule has 5 rings (SSSR count). The molecule has 0 saturated heterocycles. The lowest BCUT2D eigenvalue weighted by atomic mass is 10.1. The van der Waals surface area contributed by atoms with Crippen LogP contribution >= 0.6 is 12.2 Å². The van der Waals surface area contributed by atoms with Crippen LogP contribution in [0.4, 0.5) is 4.79 Å². The van der Waals surface area contributed by atoms with Gasteiger partial charge in [0, 0.05) is 44.6 Å². The maximum absolute atomic E-state index is 12.6. The van der Waals surface area contributed by atoms with E-state index >= 15 is 0 Å². The number of nitrogens with one attached hydrogen (secondary N) is 1. The Labute approximate surface area is 201 Å². The highest BCUT2D eigenvalue weighted by Gasteiger charge is 2.39.